The number of phenols is 2. The molecule has 0 aliphatic rings. The molecular weight excluding hydrogens is 295 g/mol. The van der Waals surface area contributed by atoms with E-state index >= 15 is 0 Å². The predicted octanol–water partition coefficient (Wildman–Crippen LogP) is 3.07. The number of aromatic hydroxyl groups is 2. The average Bonchev–Trinajstić information content (AvgIpc) is 2.43. The van der Waals surface area contributed by atoms with Crippen LogP contribution in [0.15, 0.2) is 42.5 Å². The van der Waals surface area contributed by atoms with E-state index < -0.39 is 0 Å². The van der Waals surface area contributed by atoms with E-state index in [1.165, 1.54) is 6.07 Å². The van der Waals surface area contributed by atoms with Gasteiger partial charge in [-0.3, -0.25) is 0 Å². The molecule has 103 valence electrons. The molecule has 0 spiro atoms. The van der Waals surface area contributed by atoms with Gasteiger partial charge in [0.15, 0.2) is 0 Å². The summed E-state index contributed by atoms with van der Waals surface area (Å²) < 4.78 is 0. The van der Waals surface area contributed by atoms with Crippen molar-refractivity contribution in [2.75, 3.05) is 0 Å². The summed E-state index contributed by atoms with van der Waals surface area (Å²) in [5.41, 5.74) is 1.67. The molecule has 2 aromatic rings. The minimum Gasteiger partial charge on any atom is -0.810 e. The fourth-order valence-corrected chi connectivity index (χ4v) is 1.38. The largest absolute Gasteiger partial charge is 2.00 e. The van der Waals surface area contributed by atoms with Crippen molar-refractivity contribution in [2.24, 2.45) is 0 Å². The van der Waals surface area contributed by atoms with Gasteiger partial charge in [-0.15, -0.1) is 0 Å². The van der Waals surface area contributed by atoms with Crippen molar-refractivity contribution in [2.45, 2.75) is 6.92 Å². The summed E-state index contributed by atoms with van der Waals surface area (Å²) >= 11 is 0. The van der Waals surface area contributed by atoms with Crippen LogP contribution in [0.4, 0.5) is 0 Å². The van der Waals surface area contributed by atoms with Gasteiger partial charge in [-0.25, -0.2) is 0 Å². The first kappa shape index (κ1) is 17.9. The normalized spacial score (nSPS) is 8.65. The molecule has 0 fully saturated rings. The van der Waals surface area contributed by atoms with Gasteiger partial charge in [-0.05, 0) is 29.7 Å². The Morgan fingerprint density at radius 1 is 0.850 bits per heavy atom. The molecule has 0 heterocycles. The summed E-state index contributed by atoms with van der Waals surface area (Å²) in [5.74, 6) is 0.241. The maximum atomic E-state index is 9.21. The zero-order valence-corrected chi connectivity index (χ0v) is 12.0. The van der Waals surface area contributed by atoms with E-state index in [-0.39, 0.29) is 28.6 Å². The van der Waals surface area contributed by atoms with Crippen molar-refractivity contribution < 1.29 is 27.3 Å². The number of nitrogens with zero attached hydrogens (tertiary/aromatic N) is 2. The first-order valence-electron chi connectivity index (χ1n) is 5.61. The minimum atomic E-state index is 0. The maximum Gasteiger partial charge on any atom is 2.00 e. The van der Waals surface area contributed by atoms with Gasteiger partial charge in [0, 0.05) is 0 Å². The zero-order valence-electron chi connectivity index (χ0n) is 10.9. The molecule has 1 radical (unpaired) electrons. The van der Waals surface area contributed by atoms with Crippen LogP contribution in [0.3, 0.4) is 0 Å². The van der Waals surface area contributed by atoms with Crippen LogP contribution in [0.5, 0.6) is 11.5 Å². The van der Waals surface area contributed by atoms with Crippen LogP contribution in [-0.2, 0) is 17.1 Å². The van der Waals surface area contributed by atoms with E-state index in [9.17, 15) is 5.11 Å². The SMILES string of the molecule is Cc1cccc(C=[N-])c1O.[Mn+2].[N-]=Cc1ccccc1O. The fraction of sp³-hybridized carbons (Fsp3) is 0.0667. The molecule has 0 unspecified atom stereocenters. The van der Waals surface area contributed by atoms with Crippen LogP contribution < -0.4 is 0 Å². The molecule has 0 saturated carbocycles. The second-order valence-electron chi connectivity index (χ2n) is 3.83. The second-order valence-corrected chi connectivity index (χ2v) is 3.83. The van der Waals surface area contributed by atoms with Crippen molar-refractivity contribution in [1.29, 1.82) is 0 Å². The van der Waals surface area contributed by atoms with Gasteiger partial charge in [-0.1, -0.05) is 36.4 Å². The van der Waals surface area contributed by atoms with Gasteiger partial charge in [-0.2, -0.15) is 12.4 Å². The number of benzene rings is 2. The standard InChI is InChI=1S/C8H8NO.C7H6NO.Mn/c1-6-3-2-4-7(5-9)8(6)10;8-5-6-3-1-2-4-7(6)9;/h2-5,10H,1H3;1-5,9H;/q2*-1;+2. The van der Waals surface area contributed by atoms with E-state index in [1.807, 2.05) is 0 Å². The van der Waals surface area contributed by atoms with Gasteiger partial charge >= 0.3 is 17.1 Å². The Hall–Kier alpha value is -2.10. The van der Waals surface area contributed by atoms with Crippen molar-refractivity contribution in [3.63, 3.8) is 0 Å². The molecule has 2 rings (SSSR count). The summed E-state index contributed by atoms with van der Waals surface area (Å²) in [6.45, 7) is 1.78. The number of aryl methyl sites for hydroxylation is 1. The Balaban J connectivity index is 0.000000345. The number of hydrogen-bond donors (Lipinski definition) is 2. The number of phenolic OH excluding ortho intramolecular Hbond substituents is 2. The molecule has 0 aliphatic heterocycles. The smallest absolute Gasteiger partial charge is 0.810 e. The summed E-state index contributed by atoms with van der Waals surface area (Å²) in [4.78, 5) is 0. The monoisotopic (exact) mass is 309 g/mol. The van der Waals surface area contributed by atoms with Crippen LogP contribution in [-0.4, -0.2) is 22.6 Å². The van der Waals surface area contributed by atoms with E-state index in [4.69, 9.17) is 15.9 Å². The first-order valence-corrected chi connectivity index (χ1v) is 5.61. The van der Waals surface area contributed by atoms with E-state index in [0.29, 0.717) is 11.1 Å². The molecule has 2 N–H and O–H groups in total. The number of hydrogen-bond acceptors (Lipinski definition) is 2. The molecule has 20 heavy (non-hydrogen) atoms. The van der Waals surface area contributed by atoms with Crippen molar-refractivity contribution in [3.8, 4) is 11.5 Å². The molecule has 0 bridgehead atoms. The van der Waals surface area contributed by atoms with E-state index in [0.717, 1.165) is 18.0 Å². The van der Waals surface area contributed by atoms with Crippen molar-refractivity contribution in [1.82, 2.24) is 0 Å². The fourth-order valence-electron chi connectivity index (χ4n) is 1.38. The molecule has 0 aromatic heterocycles. The van der Waals surface area contributed by atoms with Gasteiger partial charge in [0.25, 0.3) is 0 Å². The maximum absolute atomic E-state index is 9.21. The van der Waals surface area contributed by atoms with Crippen LogP contribution in [0, 0.1) is 6.92 Å². The minimum absolute atomic E-state index is 0. The van der Waals surface area contributed by atoms with Crippen molar-refractivity contribution in [3.05, 3.63) is 70.0 Å². The molecule has 0 amide bonds. The van der Waals surface area contributed by atoms with E-state index in [2.05, 4.69) is 0 Å². The van der Waals surface area contributed by atoms with Gasteiger partial charge in [0.05, 0.1) is 0 Å². The summed E-state index contributed by atoms with van der Waals surface area (Å²) in [5, 5.41) is 35.1. The Labute approximate surface area is 128 Å². The average molecular weight is 309 g/mol. The van der Waals surface area contributed by atoms with Gasteiger partial charge in [0.1, 0.15) is 11.5 Å². The second kappa shape index (κ2) is 8.91. The number of para-hydroxylation sites is 2. The Kier molecular flexibility index (Phi) is 7.97. The molecule has 0 atom stereocenters. The predicted molar refractivity (Wildman–Crippen MR) is 78.0 cm³/mol. The molecule has 0 saturated heterocycles. The van der Waals surface area contributed by atoms with Crippen LogP contribution in [0.2, 0.25) is 0 Å². The van der Waals surface area contributed by atoms with Crippen LogP contribution in [0.25, 0.3) is 10.8 Å². The molecule has 5 heteroatoms. The third-order valence-electron chi connectivity index (χ3n) is 2.48. The quantitative estimate of drug-likeness (QED) is 0.660. The topological polar surface area (TPSA) is 85.1 Å². The summed E-state index contributed by atoms with van der Waals surface area (Å²) in [6, 6.07) is 11.8. The molecule has 4 nitrogen and oxygen atoms in total. The third kappa shape index (κ3) is 4.88. The molecule has 2 aromatic carbocycles. The number of rotatable bonds is 2. The van der Waals surface area contributed by atoms with Gasteiger partial charge < -0.3 is 21.0 Å². The van der Waals surface area contributed by atoms with Crippen LogP contribution >= 0.6 is 0 Å². The van der Waals surface area contributed by atoms with Gasteiger partial charge in [0.2, 0.25) is 0 Å². The summed E-state index contributed by atoms with van der Waals surface area (Å²) in [7, 11) is 0. The van der Waals surface area contributed by atoms with Crippen LogP contribution in [0.1, 0.15) is 16.7 Å². The Bertz CT molecular complexity index is 586. The summed E-state index contributed by atoms with van der Waals surface area (Å²) in [6.07, 6.45) is 1.76. The van der Waals surface area contributed by atoms with Crippen molar-refractivity contribution >= 4 is 12.4 Å². The Morgan fingerprint density at radius 2 is 1.40 bits per heavy atom. The molecular formula is C15H14MnN2O2. The molecule has 0 aliphatic carbocycles. The first-order chi connectivity index (χ1) is 9.10. The zero-order chi connectivity index (χ0) is 14.3. The Morgan fingerprint density at radius 3 is 1.85 bits per heavy atom. The van der Waals surface area contributed by atoms with E-state index in [1.54, 1.807) is 43.3 Å². The third-order valence-corrected chi connectivity index (χ3v) is 2.48.